The average molecular weight is 577 g/mol. The number of carbonyl (C=O) groups excluding carboxylic acids is 3. The molecule has 0 saturated heterocycles. The topological polar surface area (TPSA) is 97.6 Å². The maximum Gasteiger partial charge on any atom is 0.397 e. The molecule has 0 aliphatic carbocycles. The summed E-state index contributed by atoms with van der Waals surface area (Å²) in [7, 11) is 0. The largest absolute Gasteiger partial charge is 0.461 e. The molecule has 0 aliphatic rings. The number of hydrogen-bond acceptors (Lipinski definition) is 5. The highest BCUT2D eigenvalue weighted by atomic mass is 16.5. The summed E-state index contributed by atoms with van der Waals surface area (Å²) in [5.41, 5.74) is 2.91. The molecule has 228 valence electrons. The van der Waals surface area contributed by atoms with Crippen LogP contribution in [0.3, 0.4) is 0 Å². The van der Waals surface area contributed by atoms with Crippen molar-refractivity contribution >= 4 is 28.8 Å². The summed E-state index contributed by atoms with van der Waals surface area (Å²) in [5.74, 6) is -1.06. The van der Waals surface area contributed by atoms with Gasteiger partial charge in [-0.15, -0.1) is 0 Å². The maximum absolute atomic E-state index is 12.5. The van der Waals surface area contributed by atoms with Crippen LogP contribution < -0.4 is 10.6 Å². The number of amides is 2. The standard InChI is InChI=1S/C35H48N2O5/c1-3-5-7-8-9-10-11-12-13-16-24-36-33(38)28-22-20-27(21-23-28)25-37-34(39)35(40)41-26-30-29-17-14-15-19-31(29)42-32(30)18-6-4-2/h14-15,17,19-23H,3-13,16,18,24-26H2,1-2H3,(H,36,38)(H,37,39). The molecule has 0 unspecified atom stereocenters. The Morgan fingerprint density at radius 3 is 2.07 bits per heavy atom. The number of hydrogen-bond donors (Lipinski definition) is 2. The van der Waals surface area contributed by atoms with Crippen LogP contribution in [0.4, 0.5) is 0 Å². The molecule has 7 nitrogen and oxygen atoms in total. The van der Waals surface area contributed by atoms with E-state index in [1.54, 1.807) is 24.3 Å². The van der Waals surface area contributed by atoms with Crippen LogP contribution in [-0.2, 0) is 33.9 Å². The highest BCUT2D eigenvalue weighted by Crippen LogP contribution is 2.28. The second-order valence-electron chi connectivity index (χ2n) is 11.0. The fourth-order valence-corrected chi connectivity index (χ4v) is 5.00. The highest BCUT2D eigenvalue weighted by Gasteiger charge is 2.19. The van der Waals surface area contributed by atoms with E-state index in [1.165, 1.54) is 51.4 Å². The Labute approximate surface area is 250 Å². The van der Waals surface area contributed by atoms with Crippen molar-refractivity contribution in [3.8, 4) is 0 Å². The van der Waals surface area contributed by atoms with E-state index in [0.29, 0.717) is 12.1 Å². The average Bonchev–Trinajstić information content (AvgIpc) is 3.37. The molecule has 2 aromatic carbocycles. The Hall–Kier alpha value is -3.61. The molecule has 0 aliphatic heterocycles. The summed E-state index contributed by atoms with van der Waals surface area (Å²) < 4.78 is 11.3. The van der Waals surface area contributed by atoms with Crippen molar-refractivity contribution in [3.63, 3.8) is 0 Å². The summed E-state index contributed by atoms with van der Waals surface area (Å²) in [5, 5.41) is 6.48. The Morgan fingerprint density at radius 2 is 1.38 bits per heavy atom. The Bertz CT molecular complexity index is 1250. The van der Waals surface area contributed by atoms with Crippen molar-refractivity contribution in [3.05, 3.63) is 71.0 Å². The van der Waals surface area contributed by atoms with Gasteiger partial charge in [0.05, 0.1) is 0 Å². The molecule has 1 heterocycles. The number of para-hydroxylation sites is 1. The Morgan fingerprint density at radius 1 is 0.738 bits per heavy atom. The fraction of sp³-hybridized carbons (Fsp3) is 0.514. The van der Waals surface area contributed by atoms with E-state index >= 15 is 0 Å². The van der Waals surface area contributed by atoms with Crippen molar-refractivity contribution in [1.29, 1.82) is 0 Å². The van der Waals surface area contributed by atoms with Crippen LogP contribution >= 0.6 is 0 Å². The van der Waals surface area contributed by atoms with E-state index in [1.807, 2.05) is 24.3 Å². The van der Waals surface area contributed by atoms with Gasteiger partial charge >= 0.3 is 11.9 Å². The van der Waals surface area contributed by atoms with E-state index < -0.39 is 11.9 Å². The summed E-state index contributed by atoms with van der Waals surface area (Å²) in [4.78, 5) is 37.2. The van der Waals surface area contributed by atoms with Gasteiger partial charge in [0.25, 0.3) is 5.91 Å². The number of fused-ring (bicyclic) bond motifs is 1. The lowest BCUT2D eigenvalue weighted by atomic mass is 10.1. The minimum Gasteiger partial charge on any atom is -0.461 e. The summed E-state index contributed by atoms with van der Waals surface area (Å²) in [6.07, 6.45) is 15.3. The van der Waals surface area contributed by atoms with Crippen LogP contribution in [0, 0.1) is 0 Å². The molecule has 2 N–H and O–H groups in total. The number of nitrogens with one attached hydrogen (secondary N) is 2. The fourth-order valence-electron chi connectivity index (χ4n) is 5.00. The number of benzene rings is 2. The molecule has 1 aromatic heterocycles. The van der Waals surface area contributed by atoms with Crippen molar-refractivity contribution in [1.82, 2.24) is 10.6 Å². The molecule has 3 rings (SSSR count). The molecule has 0 saturated carbocycles. The molecule has 0 radical (unpaired) electrons. The van der Waals surface area contributed by atoms with Gasteiger partial charge in [-0.25, -0.2) is 4.79 Å². The van der Waals surface area contributed by atoms with Gasteiger partial charge in [-0.05, 0) is 36.6 Å². The zero-order valence-corrected chi connectivity index (χ0v) is 25.5. The van der Waals surface area contributed by atoms with E-state index in [0.717, 1.165) is 60.0 Å². The molecule has 3 aromatic rings. The van der Waals surface area contributed by atoms with Gasteiger partial charge in [0.15, 0.2) is 0 Å². The van der Waals surface area contributed by atoms with Crippen LogP contribution in [0.2, 0.25) is 0 Å². The van der Waals surface area contributed by atoms with Gasteiger partial charge in [-0.1, -0.05) is 108 Å². The number of aryl methyl sites for hydroxylation is 1. The van der Waals surface area contributed by atoms with Crippen LogP contribution in [0.25, 0.3) is 11.0 Å². The van der Waals surface area contributed by atoms with Gasteiger partial charge in [-0.3, -0.25) is 9.59 Å². The molecule has 42 heavy (non-hydrogen) atoms. The van der Waals surface area contributed by atoms with E-state index in [2.05, 4.69) is 24.5 Å². The summed E-state index contributed by atoms with van der Waals surface area (Å²) in [6, 6.07) is 14.6. The molecular weight excluding hydrogens is 528 g/mol. The van der Waals surface area contributed by atoms with Gasteiger partial charge in [0.2, 0.25) is 0 Å². The minimum absolute atomic E-state index is 0.0226. The van der Waals surface area contributed by atoms with Crippen molar-refractivity contribution in [2.75, 3.05) is 6.54 Å². The summed E-state index contributed by atoms with van der Waals surface area (Å²) >= 11 is 0. The Balaban J connectivity index is 1.34. The van der Waals surface area contributed by atoms with Crippen molar-refractivity contribution in [2.45, 2.75) is 110 Å². The van der Waals surface area contributed by atoms with Crippen molar-refractivity contribution in [2.24, 2.45) is 0 Å². The second kappa shape index (κ2) is 18.7. The molecule has 0 spiro atoms. The lowest BCUT2D eigenvalue weighted by Crippen LogP contribution is -2.32. The quantitative estimate of drug-likeness (QED) is 0.0862. The number of carbonyl (C=O) groups is 3. The smallest absolute Gasteiger partial charge is 0.397 e. The van der Waals surface area contributed by atoms with Crippen LogP contribution in [-0.4, -0.2) is 24.3 Å². The van der Waals surface area contributed by atoms with Gasteiger partial charge in [0, 0.05) is 36.0 Å². The molecule has 0 atom stereocenters. The minimum atomic E-state index is -0.940. The molecule has 0 fully saturated rings. The van der Waals surface area contributed by atoms with Crippen LogP contribution in [0.1, 0.15) is 118 Å². The first kappa shape index (κ1) is 32.9. The molecule has 0 bridgehead atoms. The predicted octanol–water partition coefficient (Wildman–Crippen LogP) is 7.79. The number of esters is 1. The highest BCUT2D eigenvalue weighted by molar-refractivity contribution is 6.32. The zero-order valence-electron chi connectivity index (χ0n) is 25.5. The molecule has 2 amide bonds. The first-order valence-electron chi connectivity index (χ1n) is 15.8. The Kier molecular flexibility index (Phi) is 14.7. The monoisotopic (exact) mass is 576 g/mol. The third-order valence-corrected chi connectivity index (χ3v) is 7.56. The molecule has 7 heteroatoms. The number of furan rings is 1. The molecular formula is C35H48N2O5. The number of ether oxygens (including phenoxy) is 1. The van der Waals surface area contributed by atoms with E-state index in [4.69, 9.17) is 9.15 Å². The lowest BCUT2D eigenvalue weighted by Gasteiger charge is -2.08. The third kappa shape index (κ3) is 11.0. The predicted molar refractivity (Wildman–Crippen MR) is 167 cm³/mol. The van der Waals surface area contributed by atoms with E-state index in [-0.39, 0.29) is 19.1 Å². The van der Waals surface area contributed by atoms with Crippen LogP contribution in [0.15, 0.2) is 52.9 Å². The van der Waals surface area contributed by atoms with Crippen molar-refractivity contribution < 1.29 is 23.5 Å². The maximum atomic E-state index is 12.5. The first-order chi connectivity index (χ1) is 20.5. The van der Waals surface area contributed by atoms with Gasteiger partial charge < -0.3 is 19.8 Å². The van der Waals surface area contributed by atoms with Crippen LogP contribution in [0.5, 0.6) is 0 Å². The number of rotatable bonds is 19. The SMILES string of the molecule is CCCCCCCCCCCCNC(=O)c1ccc(CNC(=O)C(=O)OCc2c(CCCC)oc3ccccc23)cc1. The second-order valence-corrected chi connectivity index (χ2v) is 11.0. The summed E-state index contributed by atoms with van der Waals surface area (Å²) in [6.45, 7) is 5.15. The first-order valence-corrected chi connectivity index (χ1v) is 15.8. The van der Waals surface area contributed by atoms with E-state index in [9.17, 15) is 14.4 Å². The zero-order chi connectivity index (χ0) is 30.0. The third-order valence-electron chi connectivity index (χ3n) is 7.56. The van der Waals surface area contributed by atoms with Gasteiger partial charge in [-0.2, -0.15) is 0 Å². The number of unbranched alkanes of at least 4 members (excludes halogenated alkanes) is 10. The van der Waals surface area contributed by atoms with Gasteiger partial charge in [0.1, 0.15) is 18.0 Å². The normalized spacial score (nSPS) is 11.0. The lowest BCUT2D eigenvalue weighted by molar-refractivity contribution is -0.155.